The first-order chi connectivity index (χ1) is 14.9. The van der Waals surface area contributed by atoms with Gasteiger partial charge in [0.2, 0.25) is 0 Å². The van der Waals surface area contributed by atoms with E-state index in [-0.39, 0.29) is 11.5 Å². The zero-order valence-corrected chi connectivity index (χ0v) is 19.5. The molecule has 0 unspecified atom stereocenters. The molecule has 7 nitrogen and oxygen atoms in total. The van der Waals surface area contributed by atoms with Gasteiger partial charge < -0.3 is 10.1 Å². The molecule has 4 aromatic rings. The number of thiazole rings is 2. The van der Waals surface area contributed by atoms with Gasteiger partial charge in [-0.3, -0.25) is 4.72 Å². The summed E-state index contributed by atoms with van der Waals surface area (Å²) in [5.74, 6) is 0.525. The van der Waals surface area contributed by atoms with Crippen LogP contribution in [0.2, 0.25) is 10.0 Å². The highest BCUT2D eigenvalue weighted by molar-refractivity contribution is 7.93. The largest absolute Gasteiger partial charge is 0.486 e. The van der Waals surface area contributed by atoms with Crippen molar-refractivity contribution in [1.82, 2.24) is 9.97 Å². The molecule has 2 aromatic carbocycles. The average molecular weight is 513 g/mol. The van der Waals surface area contributed by atoms with E-state index < -0.39 is 10.0 Å². The van der Waals surface area contributed by atoms with Gasteiger partial charge in [-0.1, -0.05) is 23.2 Å². The van der Waals surface area contributed by atoms with Gasteiger partial charge in [-0.05, 0) is 42.5 Å². The van der Waals surface area contributed by atoms with Gasteiger partial charge in [0.15, 0.2) is 10.3 Å². The summed E-state index contributed by atoms with van der Waals surface area (Å²) in [6, 6.07) is 11.4. The minimum Gasteiger partial charge on any atom is -0.486 e. The molecule has 0 aliphatic carbocycles. The summed E-state index contributed by atoms with van der Waals surface area (Å²) in [7, 11) is -3.69. The van der Waals surface area contributed by atoms with Crippen LogP contribution in [-0.2, 0) is 16.6 Å². The van der Waals surface area contributed by atoms with Crippen LogP contribution in [0.25, 0.3) is 0 Å². The number of hydrogen-bond donors (Lipinski definition) is 2. The van der Waals surface area contributed by atoms with Gasteiger partial charge in [-0.15, -0.1) is 22.7 Å². The summed E-state index contributed by atoms with van der Waals surface area (Å²) >= 11 is 14.6. The average Bonchev–Trinajstić information content (AvgIpc) is 3.39. The van der Waals surface area contributed by atoms with Crippen molar-refractivity contribution in [2.75, 3.05) is 10.0 Å². The van der Waals surface area contributed by atoms with Crippen LogP contribution >= 0.6 is 45.9 Å². The number of ether oxygens (including phenoxy) is 1. The number of anilines is 3. The van der Waals surface area contributed by atoms with E-state index in [1.54, 1.807) is 35.7 Å². The van der Waals surface area contributed by atoms with Crippen molar-refractivity contribution in [1.29, 1.82) is 0 Å². The molecule has 4 rings (SSSR count). The van der Waals surface area contributed by atoms with E-state index in [2.05, 4.69) is 20.0 Å². The van der Waals surface area contributed by atoms with Crippen molar-refractivity contribution in [3.63, 3.8) is 0 Å². The fourth-order valence-corrected chi connectivity index (χ4v) is 5.43. The van der Waals surface area contributed by atoms with Crippen molar-refractivity contribution in [2.24, 2.45) is 0 Å². The minimum atomic E-state index is -3.69. The Labute approximate surface area is 196 Å². The van der Waals surface area contributed by atoms with Crippen LogP contribution < -0.4 is 14.8 Å². The zero-order valence-electron chi connectivity index (χ0n) is 15.6. The maximum Gasteiger partial charge on any atom is 0.263 e. The van der Waals surface area contributed by atoms with Gasteiger partial charge in [0.1, 0.15) is 12.4 Å². The summed E-state index contributed by atoms with van der Waals surface area (Å²) in [5, 5.41) is 8.65. The van der Waals surface area contributed by atoms with Gasteiger partial charge in [0, 0.05) is 27.7 Å². The lowest BCUT2D eigenvalue weighted by atomic mass is 10.3. The molecule has 0 saturated heterocycles. The molecule has 12 heteroatoms. The topological polar surface area (TPSA) is 93.2 Å². The molecule has 0 saturated carbocycles. The summed E-state index contributed by atoms with van der Waals surface area (Å²) in [6.45, 7) is 0.249. The third kappa shape index (κ3) is 5.66. The molecule has 0 fully saturated rings. The van der Waals surface area contributed by atoms with Crippen LogP contribution in [0, 0.1) is 0 Å². The van der Waals surface area contributed by atoms with Crippen molar-refractivity contribution in [3.05, 3.63) is 75.2 Å². The molecule has 160 valence electrons. The van der Waals surface area contributed by atoms with Crippen LogP contribution in [0.1, 0.15) is 5.69 Å². The predicted molar refractivity (Wildman–Crippen MR) is 126 cm³/mol. The van der Waals surface area contributed by atoms with Crippen molar-refractivity contribution >= 4 is 71.8 Å². The smallest absolute Gasteiger partial charge is 0.263 e. The van der Waals surface area contributed by atoms with E-state index in [4.69, 9.17) is 27.9 Å². The Morgan fingerprint density at radius 1 is 1.03 bits per heavy atom. The van der Waals surface area contributed by atoms with E-state index in [0.717, 1.165) is 5.69 Å². The van der Waals surface area contributed by atoms with Gasteiger partial charge in [0.05, 0.1) is 15.6 Å². The molecule has 0 aliphatic rings. The number of hydrogen-bond acceptors (Lipinski definition) is 8. The van der Waals surface area contributed by atoms with Crippen LogP contribution in [0.4, 0.5) is 16.0 Å². The van der Waals surface area contributed by atoms with Gasteiger partial charge in [-0.2, -0.15) is 0 Å². The van der Waals surface area contributed by atoms with Crippen molar-refractivity contribution in [2.45, 2.75) is 11.5 Å². The molecule has 2 aromatic heterocycles. The van der Waals surface area contributed by atoms with Crippen molar-refractivity contribution < 1.29 is 13.2 Å². The van der Waals surface area contributed by atoms with E-state index in [1.807, 2.05) is 5.38 Å². The summed E-state index contributed by atoms with van der Waals surface area (Å²) in [4.78, 5) is 8.54. The second kappa shape index (κ2) is 9.41. The minimum absolute atomic E-state index is 0.140. The van der Waals surface area contributed by atoms with Gasteiger partial charge in [-0.25, -0.2) is 18.4 Å². The second-order valence-electron chi connectivity index (χ2n) is 6.10. The van der Waals surface area contributed by atoms with Crippen LogP contribution in [-0.4, -0.2) is 18.4 Å². The van der Waals surface area contributed by atoms with E-state index in [0.29, 0.717) is 31.7 Å². The molecule has 0 amide bonds. The monoisotopic (exact) mass is 512 g/mol. The Bertz CT molecular complexity index is 1280. The lowest BCUT2D eigenvalue weighted by Crippen LogP contribution is -2.12. The maximum absolute atomic E-state index is 12.4. The summed E-state index contributed by atoms with van der Waals surface area (Å²) in [6.07, 6.45) is 1.53. The van der Waals surface area contributed by atoms with Crippen molar-refractivity contribution in [3.8, 4) is 5.75 Å². The maximum atomic E-state index is 12.4. The van der Waals surface area contributed by atoms with Crippen LogP contribution in [0.5, 0.6) is 5.75 Å². The van der Waals surface area contributed by atoms with E-state index in [1.165, 1.54) is 41.0 Å². The predicted octanol–water partition coefficient (Wildman–Crippen LogP) is 6.03. The Kier molecular flexibility index (Phi) is 6.63. The number of sulfonamides is 1. The molecule has 0 bridgehead atoms. The Morgan fingerprint density at radius 3 is 2.55 bits per heavy atom. The number of aromatic nitrogens is 2. The molecule has 0 aliphatic heterocycles. The normalized spacial score (nSPS) is 11.3. The number of nitrogens with zero attached hydrogens (tertiary/aromatic N) is 2. The Morgan fingerprint density at radius 2 is 1.84 bits per heavy atom. The SMILES string of the molecule is O=S(=O)(Nc1nccs1)c1ccc(Nc2nc(COc3ccc(Cl)cc3Cl)cs2)cc1. The second-order valence-corrected chi connectivity index (χ2v) is 10.4. The first kappa shape index (κ1) is 21.8. The lowest BCUT2D eigenvalue weighted by Gasteiger charge is -2.07. The molecule has 2 N–H and O–H groups in total. The molecule has 31 heavy (non-hydrogen) atoms. The highest BCUT2D eigenvalue weighted by atomic mass is 35.5. The molecule has 2 heterocycles. The fourth-order valence-electron chi connectivity index (χ4n) is 2.46. The number of benzene rings is 2. The molecule has 0 spiro atoms. The van der Waals surface area contributed by atoms with E-state index in [9.17, 15) is 8.42 Å². The number of rotatable bonds is 8. The first-order valence-electron chi connectivity index (χ1n) is 8.71. The summed E-state index contributed by atoms with van der Waals surface area (Å²) < 4.78 is 32.9. The lowest BCUT2D eigenvalue weighted by molar-refractivity contribution is 0.302. The molecule has 0 atom stereocenters. The van der Waals surface area contributed by atoms with E-state index >= 15 is 0 Å². The molecular formula is C19H14Cl2N4O3S3. The third-order valence-corrected chi connectivity index (χ3v) is 7.40. The van der Waals surface area contributed by atoms with Crippen LogP contribution in [0.3, 0.4) is 0 Å². The molecular weight excluding hydrogens is 499 g/mol. The number of halogens is 2. The highest BCUT2D eigenvalue weighted by Crippen LogP contribution is 2.29. The van der Waals surface area contributed by atoms with Crippen LogP contribution in [0.15, 0.2) is 64.3 Å². The fraction of sp³-hybridized carbons (Fsp3) is 0.0526. The van der Waals surface area contributed by atoms with Gasteiger partial charge in [0.25, 0.3) is 10.0 Å². The molecule has 0 radical (unpaired) electrons. The number of nitrogens with one attached hydrogen (secondary N) is 2. The third-order valence-electron chi connectivity index (χ3n) is 3.89. The Hall–Kier alpha value is -2.37. The van der Waals surface area contributed by atoms with Gasteiger partial charge >= 0.3 is 0 Å². The Balaban J connectivity index is 1.37. The standard InChI is InChI=1S/C19H14Cl2N4O3S3/c20-12-1-6-17(16(21)9-12)28-10-14-11-30-19(24-14)23-13-2-4-15(5-3-13)31(26,27)25-18-22-7-8-29-18/h1-9,11H,10H2,(H,22,25)(H,23,24). The summed E-state index contributed by atoms with van der Waals surface area (Å²) in [5.41, 5.74) is 1.43. The highest BCUT2D eigenvalue weighted by Gasteiger charge is 2.15. The first-order valence-corrected chi connectivity index (χ1v) is 12.7. The zero-order chi connectivity index (χ0) is 21.8. The quantitative estimate of drug-likeness (QED) is 0.299.